The number of carbonyl (C=O) groups excluding carboxylic acids is 1. The summed E-state index contributed by atoms with van der Waals surface area (Å²) >= 11 is 0. The van der Waals surface area contributed by atoms with Crippen LogP contribution in [0.4, 0.5) is 0 Å². The van der Waals surface area contributed by atoms with Gasteiger partial charge in [0, 0.05) is 6.20 Å². The van der Waals surface area contributed by atoms with E-state index in [0.717, 1.165) is 5.69 Å². The summed E-state index contributed by atoms with van der Waals surface area (Å²) in [6.45, 7) is 1.76. The van der Waals surface area contributed by atoms with E-state index in [0.29, 0.717) is 12.1 Å². The Bertz CT molecular complexity index is 560. The average Bonchev–Trinajstić information content (AvgIpc) is 2.94. The van der Waals surface area contributed by atoms with Crippen molar-refractivity contribution in [3.05, 3.63) is 24.0 Å². The number of sulfone groups is 1. The number of hydrazone groups is 1. The largest absolute Gasteiger partial charge is 0.360 e. The van der Waals surface area contributed by atoms with Crippen molar-refractivity contribution >= 4 is 21.5 Å². The molecule has 6 nitrogen and oxygen atoms in total. The van der Waals surface area contributed by atoms with Gasteiger partial charge in [0.1, 0.15) is 0 Å². The van der Waals surface area contributed by atoms with Crippen molar-refractivity contribution in [2.24, 2.45) is 11.0 Å². The highest BCUT2D eigenvalue weighted by molar-refractivity contribution is 7.91. The minimum atomic E-state index is -3.04. The maximum Gasteiger partial charge on any atom is 0.244 e. The van der Waals surface area contributed by atoms with Crippen molar-refractivity contribution in [1.29, 1.82) is 0 Å². The third-order valence-corrected chi connectivity index (χ3v) is 4.69. The van der Waals surface area contributed by atoms with Crippen LogP contribution >= 0.6 is 0 Å². The molecule has 0 spiro atoms. The van der Waals surface area contributed by atoms with Gasteiger partial charge in [-0.2, -0.15) is 5.10 Å². The fourth-order valence-corrected chi connectivity index (χ4v) is 3.59. The predicted molar refractivity (Wildman–Crippen MR) is 67.9 cm³/mol. The molecular formula is C11H15N3O3S. The Balaban J connectivity index is 1.95. The number of hydrogen-bond acceptors (Lipinski definition) is 4. The van der Waals surface area contributed by atoms with Crippen molar-refractivity contribution < 1.29 is 13.2 Å². The second kappa shape index (κ2) is 4.93. The molecule has 0 unspecified atom stereocenters. The van der Waals surface area contributed by atoms with Gasteiger partial charge in [-0.25, -0.2) is 13.8 Å². The molecule has 18 heavy (non-hydrogen) atoms. The number of hydrogen-bond donors (Lipinski definition) is 2. The van der Waals surface area contributed by atoms with Crippen LogP contribution < -0.4 is 5.43 Å². The van der Waals surface area contributed by atoms with Gasteiger partial charge >= 0.3 is 0 Å². The molecule has 2 rings (SSSR count). The number of nitrogens with zero attached hydrogens (tertiary/aromatic N) is 1. The zero-order valence-electron chi connectivity index (χ0n) is 10.0. The zero-order chi connectivity index (χ0) is 13.2. The summed E-state index contributed by atoms with van der Waals surface area (Å²) in [6.07, 6.45) is 2.14. The van der Waals surface area contributed by atoms with Crippen LogP contribution in [0.25, 0.3) is 0 Å². The van der Waals surface area contributed by atoms with Gasteiger partial charge in [-0.3, -0.25) is 4.79 Å². The molecule has 1 aliphatic heterocycles. The molecule has 0 bridgehead atoms. The number of aromatic nitrogens is 1. The summed E-state index contributed by atoms with van der Waals surface area (Å²) in [5, 5.41) is 3.95. The minimum absolute atomic E-state index is 0.0735. The van der Waals surface area contributed by atoms with Crippen LogP contribution in [0.1, 0.15) is 19.0 Å². The second-order valence-corrected chi connectivity index (χ2v) is 6.59. The standard InChI is InChI=1S/C11H15N3O3S/c1-8(10-3-2-5-12-10)13-14-11(15)9-4-6-18(16,17)7-9/h2-3,5,9,12H,4,6-7H2,1H3,(H,14,15)/b13-8+/t9-/m1/s1. The van der Waals surface area contributed by atoms with E-state index >= 15 is 0 Å². The lowest BCUT2D eigenvalue weighted by Gasteiger charge is -2.05. The predicted octanol–water partition coefficient (Wildman–Crippen LogP) is 0.290. The lowest BCUT2D eigenvalue weighted by atomic mass is 10.1. The number of amides is 1. The Kier molecular flexibility index (Phi) is 3.51. The summed E-state index contributed by atoms with van der Waals surface area (Å²) in [5.41, 5.74) is 3.88. The van der Waals surface area contributed by atoms with Crippen LogP contribution in [0.2, 0.25) is 0 Å². The van der Waals surface area contributed by atoms with Gasteiger partial charge in [0.15, 0.2) is 9.84 Å². The Morgan fingerprint density at radius 3 is 2.89 bits per heavy atom. The summed E-state index contributed by atoms with van der Waals surface area (Å²) in [4.78, 5) is 14.7. The molecule has 0 radical (unpaired) electrons. The lowest BCUT2D eigenvalue weighted by Crippen LogP contribution is -2.28. The molecule has 1 amide bonds. The van der Waals surface area contributed by atoms with Gasteiger partial charge in [-0.05, 0) is 25.5 Å². The van der Waals surface area contributed by atoms with Crippen LogP contribution in [0.5, 0.6) is 0 Å². The van der Waals surface area contributed by atoms with E-state index in [9.17, 15) is 13.2 Å². The molecule has 98 valence electrons. The fraction of sp³-hybridized carbons (Fsp3) is 0.455. The molecule has 1 atom stereocenters. The van der Waals surface area contributed by atoms with Crippen LogP contribution in [0.3, 0.4) is 0 Å². The summed E-state index contributed by atoms with van der Waals surface area (Å²) in [6, 6.07) is 3.67. The lowest BCUT2D eigenvalue weighted by molar-refractivity contribution is -0.124. The third-order valence-electron chi connectivity index (χ3n) is 2.92. The van der Waals surface area contributed by atoms with E-state index in [-0.39, 0.29) is 17.4 Å². The molecule has 0 aromatic carbocycles. The van der Waals surface area contributed by atoms with E-state index in [1.165, 1.54) is 0 Å². The molecule has 1 fully saturated rings. The molecule has 0 saturated carbocycles. The maximum atomic E-state index is 11.7. The van der Waals surface area contributed by atoms with Crippen LogP contribution in [0, 0.1) is 5.92 Å². The molecule has 2 N–H and O–H groups in total. The van der Waals surface area contributed by atoms with Crippen LogP contribution in [-0.2, 0) is 14.6 Å². The first-order chi connectivity index (χ1) is 8.48. The van der Waals surface area contributed by atoms with E-state index < -0.39 is 15.8 Å². The highest BCUT2D eigenvalue weighted by Gasteiger charge is 2.32. The Hall–Kier alpha value is -1.63. The normalized spacial score (nSPS) is 22.9. The minimum Gasteiger partial charge on any atom is -0.360 e. The topological polar surface area (TPSA) is 91.4 Å². The van der Waals surface area contributed by atoms with Crippen LogP contribution in [-0.4, -0.2) is 36.5 Å². The monoisotopic (exact) mass is 269 g/mol. The van der Waals surface area contributed by atoms with Gasteiger partial charge in [-0.1, -0.05) is 0 Å². The number of carbonyl (C=O) groups is 1. The van der Waals surface area contributed by atoms with Gasteiger partial charge in [0.25, 0.3) is 0 Å². The highest BCUT2D eigenvalue weighted by atomic mass is 32.2. The molecule has 0 aliphatic carbocycles. The van der Waals surface area contributed by atoms with Crippen molar-refractivity contribution in [1.82, 2.24) is 10.4 Å². The molecule has 1 aliphatic rings. The van der Waals surface area contributed by atoms with Gasteiger partial charge in [-0.15, -0.1) is 0 Å². The first-order valence-corrected chi connectivity index (χ1v) is 7.48. The Morgan fingerprint density at radius 1 is 1.56 bits per heavy atom. The van der Waals surface area contributed by atoms with Gasteiger partial charge < -0.3 is 4.98 Å². The quantitative estimate of drug-likeness (QED) is 0.610. The molecule has 2 heterocycles. The number of aromatic amines is 1. The summed E-state index contributed by atoms with van der Waals surface area (Å²) in [7, 11) is -3.04. The fourth-order valence-electron chi connectivity index (χ4n) is 1.85. The number of H-pyrrole nitrogens is 1. The van der Waals surface area contributed by atoms with E-state index in [1.54, 1.807) is 13.1 Å². The van der Waals surface area contributed by atoms with Crippen molar-refractivity contribution in [3.63, 3.8) is 0 Å². The smallest absolute Gasteiger partial charge is 0.244 e. The van der Waals surface area contributed by atoms with Crippen LogP contribution in [0.15, 0.2) is 23.4 Å². The molecule has 1 aromatic heterocycles. The highest BCUT2D eigenvalue weighted by Crippen LogP contribution is 2.18. The van der Waals surface area contributed by atoms with E-state index in [1.807, 2.05) is 12.1 Å². The summed E-state index contributed by atoms with van der Waals surface area (Å²) in [5.74, 6) is -0.794. The van der Waals surface area contributed by atoms with Gasteiger partial charge in [0.2, 0.25) is 5.91 Å². The first-order valence-electron chi connectivity index (χ1n) is 5.66. The van der Waals surface area contributed by atoms with E-state index in [4.69, 9.17) is 0 Å². The Morgan fingerprint density at radius 2 is 2.33 bits per heavy atom. The van der Waals surface area contributed by atoms with Crippen molar-refractivity contribution in [2.75, 3.05) is 11.5 Å². The third kappa shape index (κ3) is 2.98. The molecule has 1 aromatic rings. The first kappa shape index (κ1) is 12.8. The molecule has 1 saturated heterocycles. The van der Waals surface area contributed by atoms with Crippen molar-refractivity contribution in [2.45, 2.75) is 13.3 Å². The van der Waals surface area contributed by atoms with Gasteiger partial charge in [0.05, 0.1) is 28.8 Å². The molecule has 7 heteroatoms. The van der Waals surface area contributed by atoms with E-state index in [2.05, 4.69) is 15.5 Å². The zero-order valence-corrected chi connectivity index (χ0v) is 10.8. The molecular weight excluding hydrogens is 254 g/mol. The average molecular weight is 269 g/mol. The Labute approximate surface area is 105 Å². The summed E-state index contributed by atoms with van der Waals surface area (Å²) < 4.78 is 22.5. The van der Waals surface area contributed by atoms with Crippen molar-refractivity contribution in [3.8, 4) is 0 Å². The SMILES string of the molecule is C/C(=N\NC(=O)[C@@H]1CCS(=O)(=O)C1)c1ccc[nH]1. The number of rotatable bonds is 3. The second-order valence-electron chi connectivity index (χ2n) is 4.36. The maximum absolute atomic E-state index is 11.7. The number of nitrogens with one attached hydrogen (secondary N) is 2.